The molecule has 110 valence electrons. The zero-order valence-electron chi connectivity index (χ0n) is 12.5. The van der Waals surface area contributed by atoms with Gasteiger partial charge in [-0.3, -0.25) is 4.79 Å². The number of carbonyl (C=O) groups excluding carboxylic acids is 1. The Labute approximate surface area is 117 Å². The van der Waals surface area contributed by atoms with Crippen LogP contribution in [0.5, 0.6) is 0 Å². The molecule has 3 heteroatoms. The Balaban J connectivity index is 1.95. The summed E-state index contributed by atoms with van der Waals surface area (Å²) in [5.74, 6) is 0.950. The maximum atomic E-state index is 12.4. The summed E-state index contributed by atoms with van der Waals surface area (Å²) < 4.78 is 5.82. The molecule has 0 amide bonds. The predicted molar refractivity (Wildman–Crippen MR) is 76.7 cm³/mol. The molecule has 0 aliphatic heterocycles. The average Bonchev–Trinajstić information content (AvgIpc) is 2.39. The van der Waals surface area contributed by atoms with Crippen LogP contribution in [0.3, 0.4) is 0 Å². The molecular formula is C16H29NO2. The molecule has 2 saturated carbocycles. The first-order valence-corrected chi connectivity index (χ1v) is 8.05. The molecule has 2 rings (SSSR count). The average molecular weight is 267 g/mol. The molecular weight excluding hydrogens is 238 g/mol. The molecule has 0 bridgehead atoms. The van der Waals surface area contributed by atoms with E-state index in [4.69, 9.17) is 10.5 Å². The Hall–Kier alpha value is -0.570. The first-order valence-electron chi connectivity index (χ1n) is 8.05. The molecule has 0 saturated heterocycles. The first kappa shape index (κ1) is 14.8. The van der Waals surface area contributed by atoms with Gasteiger partial charge in [0.2, 0.25) is 0 Å². The molecule has 2 fully saturated rings. The Morgan fingerprint density at radius 3 is 2.68 bits per heavy atom. The Morgan fingerprint density at radius 2 is 2.00 bits per heavy atom. The summed E-state index contributed by atoms with van der Waals surface area (Å²) in [6.45, 7) is 4.38. The van der Waals surface area contributed by atoms with Gasteiger partial charge >= 0.3 is 5.97 Å². The van der Waals surface area contributed by atoms with Crippen LogP contribution in [-0.4, -0.2) is 17.6 Å². The Morgan fingerprint density at radius 1 is 1.26 bits per heavy atom. The molecule has 2 aliphatic carbocycles. The van der Waals surface area contributed by atoms with Crippen molar-refractivity contribution in [3.8, 4) is 0 Å². The normalized spacial score (nSPS) is 39.8. The van der Waals surface area contributed by atoms with Gasteiger partial charge in [-0.2, -0.15) is 0 Å². The van der Waals surface area contributed by atoms with Gasteiger partial charge in [0.1, 0.15) is 11.6 Å². The van der Waals surface area contributed by atoms with E-state index in [0.717, 1.165) is 32.1 Å². The van der Waals surface area contributed by atoms with Crippen molar-refractivity contribution >= 4 is 5.97 Å². The number of hydrogen-bond donors (Lipinski definition) is 1. The van der Waals surface area contributed by atoms with Gasteiger partial charge in [-0.05, 0) is 50.4 Å². The monoisotopic (exact) mass is 267 g/mol. The fourth-order valence-corrected chi connectivity index (χ4v) is 3.83. The van der Waals surface area contributed by atoms with Crippen LogP contribution in [0.15, 0.2) is 0 Å². The lowest BCUT2D eigenvalue weighted by molar-refractivity contribution is -0.162. The molecule has 3 nitrogen and oxygen atoms in total. The zero-order valence-corrected chi connectivity index (χ0v) is 12.5. The minimum absolute atomic E-state index is 0.115. The third-order valence-electron chi connectivity index (χ3n) is 5.06. The molecule has 0 heterocycles. The van der Waals surface area contributed by atoms with Crippen molar-refractivity contribution in [1.82, 2.24) is 0 Å². The fraction of sp³-hybridized carbons (Fsp3) is 0.938. The molecule has 4 atom stereocenters. The molecule has 0 aromatic rings. The smallest absolute Gasteiger partial charge is 0.326 e. The Kier molecular flexibility index (Phi) is 4.88. The SMILES string of the molecule is CCC1CCCCC1OC(=O)C1(N)CCCC(C)C1. The lowest BCUT2D eigenvalue weighted by Gasteiger charge is -2.38. The second kappa shape index (κ2) is 6.25. The Bertz CT molecular complexity index is 318. The van der Waals surface area contributed by atoms with E-state index < -0.39 is 5.54 Å². The van der Waals surface area contributed by atoms with Crippen LogP contribution in [0.1, 0.15) is 71.6 Å². The van der Waals surface area contributed by atoms with Gasteiger partial charge in [0.05, 0.1) is 0 Å². The number of hydrogen-bond acceptors (Lipinski definition) is 3. The van der Waals surface area contributed by atoms with Crippen LogP contribution in [0, 0.1) is 11.8 Å². The van der Waals surface area contributed by atoms with Gasteiger partial charge in [0.15, 0.2) is 0 Å². The fourth-order valence-electron chi connectivity index (χ4n) is 3.83. The molecule has 2 N–H and O–H groups in total. The molecule has 4 unspecified atom stereocenters. The van der Waals surface area contributed by atoms with E-state index >= 15 is 0 Å². The van der Waals surface area contributed by atoms with E-state index in [1.807, 2.05) is 0 Å². The van der Waals surface area contributed by atoms with E-state index in [0.29, 0.717) is 11.8 Å². The molecule has 0 aromatic carbocycles. The van der Waals surface area contributed by atoms with Crippen molar-refractivity contribution in [1.29, 1.82) is 0 Å². The number of nitrogens with two attached hydrogens (primary N) is 1. The highest BCUT2D eigenvalue weighted by Crippen LogP contribution is 2.34. The third-order valence-corrected chi connectivity index (χ3v) is 5.06. The summed E-state index contributed by atoms with van der Waals surface area (Å²) in [6.07, 6.45) is 9.71. The molecule has 2 aliphatic rings. The topological polar surface area (TPSA) is 52.3 Å². The zero-order chi connectivity index (χ0) is 13.9. The summed E-state index contributed by atoms with van der Waals surface area (Å²) in [5.41, 5.74) is 5.61. The van der Waals surface area contributed by atoms with Crippen molar-refractivity contribution in [2.75, 3.05) is 0 Å². The summed E-state index contributed by atoms with van der Waals surface area (Å²) in [7, 11) is 0. The molecule has 19 heavy (non-hydrogen) atoms. The summed E-state index contributed by atoms with van der Waals surface area (Å²) >= 11 is 0. The van der Waals surface area contributed by atoms with E-state index in [-0.39, 0.29) is 12.1 Å². The van der Waals surface area contributed by atoms with Gasteiger partial charge in [0, 0.05) is 0 Å². The largest absolute Gasteiger partial charge is 0.461 e. The number of ether oxygens (including phenoxy) is 1. The highest BCUT2D eigenvalue weighted by Gasteiger charge is 2.41. The van der Waals surface area contributed by atoms with Crippen LogP contribution in [0.2, 0.25) is 0 Å². The van der Waals surface area contributed by atoms with Gasteiger partial charge in [-0.1, -0.05) is 33.1 Å². The third kappa shape index (κ3) is 3.50. The highest BCUT2D eigenvalue weighted by molar-refractivity contribution is 5.80. The quantitative estimate of drug-likeness (QED) is 0.797. The van der Waals surface area contributed by atoms with Crippen LogP contribution in [0.4, 0.5) is 0 Å². The van der Waals surface area contributed by atoms with Crippen molar-refractivity contribution in [2.45, 2.75) is 83.3 Å². The van der Waals surface area contributed by atoms with E-state index in [1.54, 1.807) is 0 Å². The van der Waals surface area contributed by atoms with E-state index in [1.165, 1.54) is 25.7 Å². The molecule has 0 spiro atoms. The lowest BCUT2D eigenvalue weighted by Crippen LogP contribution is -2.53. The van der Waals surface area contributed by atoms with Crippen LogP contribution >= 0.6 is 0 Å². The number of rotatable bonds is 3. The number of esters is 1. The maximum absolute atomic E-state index is 12.4. The summed E-state index contributed by atoms with van der Waals surface area (Å²) in [4.78, 5) is 12.4. The van der Waals surface area contributed by atoms with Crippen molar-refractivity contribution < 1.29 is 9.53 Å². The van der Waals surface area contributed by atoms with Gasteiger partial charge < -0.3 is 10.5 Å². The van der Waals surface area contributed by atoms with Crippen molar-refractivity contribution in [3.05, 3.63) is 0 Å². The summed E-state index contributed by atoms with van der Waals surface area (Å²) in [6, 6.07) is 0. The number of carbonyl (C=O) groups is 1. The molecule has 0 aromatic heterocycles. The van der Waals surface area contributed by atoms with Gasteiger partial charge in [-0.15, -0.1) is 0 Å². The van der Waals surface area contributed by atoms with Gasteiger partial charge in [0.25, 0.3) is 0 Å². The minimum Gasteiger partial charge on any atom is -0.461 e. The van der Waals surface area contributed by atoms with Gasteiger partial charge in [-0.25, -0.2) is 0 Å². The second-order valence-corrected chi connectivity index (χ2v) is 6.75. The minimum atomic E-state index is -0.715. The van der Waals surface area contributed by atoms with Crippen molar-refractivity contribution in [2.24, 2.45) is 17.6 Å². The first-order chi connectivity index (χ1) is 9.05. The summed E-state index contributed by atoms with van der Waals surface area (Å²) in [5, 5.41) is 0. The van der Waals surface area contributed by atoms with E-state index in [2.05, 4.69) is 13.8 Å². The standard InChI is InChI=1S/C16H29NO2/c1-3-13-8-4-5-9-14(13)19-15(18)16(17)10-6-7-12(2)11-16/h12-14H,3-11,17H2,1-2H3. The van der Waals surface area contributed by atoms with Crippen LogP contribution in [-0.2, 0) is 9.53 Å². The van der Waals surface area contributed by atoms with Crippen molar-refractivity contribution in [3.63, 3.8) is 0 Å². The second-order valence-electron chi connectivity index (χ2n) is 6.75. The maximum Gasteiger partial charge on any atom is 0.326 e. The lowest BCUT2D eigenvalue weighted by atomic mass is 9.77. The highest BCUT2D eigenvalue weighted by atomic mass is 16.5. The molecule has 0 radical (unpaired) electrons. The van der Waals surface area contributed by atoms with Crippen LogP contribution < -0.4 is 5.73 Å². The van der Waals surface area contributed by atoms with Crippen LogP contribution in [0.25, 0.3) is 0 Å². The predicted octanol–water partition coefficient (Wildman–Crippen LogP) is 3.41. The van der Waals surface area contributed by atoms with E-state index in [9.17, 15) is 4.79 Å².